The molecular formula is C18H22ClNO. The number of halogens is 1. The highest BCUT2D eigenvalue weighted by Crippen LogP contribution is 2.32. The molecule has 0 radical (unpaired) electrons. The molecule has 0 saturated heterocycles. The highest BCUT2D eigenvalue weighted by Gasteiger charge is 2.07. The number of benzene rings is 2. The molecule has 112 valence electrons. The van der Waals surface area contributed by atoms with Gasteiger partial charge >= 0.3 is 0 Å². The van der Waals surface area contributed by atoms with E-state index < -0.39 is 0 Å². The molecule has 0 amide bonds. The lowest BCUT2D eigenvalue weighted by molar-refractivity contribution is 0.477. The Morgan fingerprint density at radius 3 is 2.62 bits per heavy atom. The van der Waals surface area contributed by atoms with Gasteiger partial charge in [-0.1, -0.05) is 36.7 Å². The molecule has 0 aromatic heterocycles. The van der Waals surface area contributed by atoms with Crippen molar-refractivity contribution in [2.45, 2.75) is 33.7 Å². The fourth-order valence-electron chi connectivity index (χ4n) is 2.08. The van der Waals surface area contributed by atoms with Crippen molar-refractivity contribution in [3.8, 4) is 11.5 Å². The monoisotopic (exact) mass is 303 g/mol. The number of hydrogen-bond acceptors (Lipinski definition) is 2. The number of rotatable bonds is 6. The van der Waals surface area contributed by atoms with Crippen molar-refractivity contribution in [1.29, 1.82) is 0 Å². The number of ether oxygens (including phenoxy) is 1. The van der Waals surface area contributed by atoms with Crippen LogP contribution in [0.5, 0.6) is 11.5 Å². The highest BCUT2D eigenvalue weighted by molar-refractivity contribution is 6.32. The molecule has 0 bridgehead atoms. The van der Waals surface area contributed by atoms with Crippen molar-refractivity contribution in [1.82, 2.24) is 5.32 Å². The molecule has 0 aliphatic rings. The van der Waals surface area contributed by atoms with Gasteiger partial charge < -0.3 is 10.1 Å². The van der Waals surface area contributed by atoms with Gasteiger partial charge in [0.05, 0.1) is 5.02 Å². The number of nitrogens with one attached hydrogen (secondary N) is 1. The van der Waals surface area contributed by atoms with Crippen molar-refractivity contribution in [3.63, 3.8) is 0 Å². The van der Waals surface area contributed by atoms with E-state index >= 15 is 0 Å². The third-order valence-electron chi connectivity index (χ3n) is 3.32. The van der Waals surface area contributed by atoms with E-state index in [-0.39, 0.29) is 0 Å². The zero-order valence-corrected chi connectivity index (χ0v) is 13.6. The second-order valence-electron chi connectivity index (χ2n) is 5.31. The molecule has 0 unspecified atom stereocenters. The topological polar surface area (TPSA) is 21.3 Å². The van der Waals surface area contributed by atoms with Crippen molar-refractivity contribution >= 4 is 11.6 Å². The average Bonchev–Trinajstić information content (AvgIpc) is 2.46. The fourth-order valence-corrected chi connectivity index (χ4v) is 2.24. The predicted molar refractivity (Wildman–Crippen MR) is 89.4 cm³/mol. The molecule has 2 aromatic carbocycles. The SMILES string of the molecule is CCCNCc1ccc(C)c(Oc2cc(C)ccc2Cl)c1. The molecule has 1 N–H and O–H groups in total. The van der Waals surface area contributed by atoms with Crippen LogP contribution in [0.3, 0.4) is 0 Å². The maximum absolute atomic E-state index is 6.20. The van der Waals surface area contributed by atoms with Crippen molar-refractivity contribution < 1.29 is 4.74 Å². The summed E-state index contributed by atoms with van der Waals surface area (Å²) >= 11 is 6.20. The first kappa shape index (κ1) is 15.9. The maximum atomic E-state index is 6.20. The number of aryl methyl sites for hydroxylation is 2. The summed E-state index contributed by atoms with van der Waals surface area (Å²) in [5, 5.41) is 4.03. The van der Waals surface area contributed by atoms with E-state index in [0.717, 1.165) is 36.4 Å². The molecule has 0 atom stereocenters. The van der Waals surface area contributed by atoms with Gasteiger partial charge in [0.1, 0.15) is 11.5 Å². The Hall–Kier alpha value is -1.51. The van der Waals surface area contributed by atoms with Gasteiger partial charge in [-0.3, -0.25) is 0 Å². The summed E-state index contributed by atoms with van der Waals surface area (Å²) in [7, 11) is 0. The Morgan fingerprint density at radius 1 is 1.05 bits per heavy atom. The molecule has 0 heterocycles. The highest BCUT2D eigenvalue weighted by atomic mass is 35.5. The van der Waals surface area contributed by atoms with Crippen LogP contribution in [0, 0.1) is 13.8 Å². The van der Waals surface area contributed by atoms with Crippen LogP contribution in [0.15, 0.2) is 36.4 Å². The van der Waals surface area contributed by atoms with E-state index in [9.17, 15) is 0 Å². The second-order valence-corrected chi connectivity index (χ2v) is 5.72. The summed E-state index contributed by atoms with van der Waals surface area (Å²) in [6.07, 6.45) is 1.13. The zero-order valence-electron chi connectivity index (χ0n) is 12.9. The smallest absolute Gasteiger partial charge is 0.146 e. The van der Waals surface area contributed by atoms with E-state index in [0.29, 0.717) is 10.8 Å². The van der Waals surface area contributed by atoms with Crippen LogP contribution < -0.4 is 10.1 Å². The molecular weight excluding hydrogens is 282 g/mol. The Balaban J connectivity index is 2.18. The van der Waals surface area contributed by atoms with Gasteiger partial charge in [0.15, 0.2) is 0 Å². The first-order valence-electron chi connectivity index (χ1n) is 7.34. The largest absolute Gasteiger partial charge is 0.456 e. The van der Waals surface area contributed by atoms with Gasteiger partial charge in [-0.25, -0.2) is 0 Å². The van der Waals surface area contributed by atoms with E-state index in [1.54, 1.807) is 0 Å². The Morgan fingerprint density at radius 2 is 1.86 bits per heavy atom. The first-order chi connectivity index (χ1) is 10.1. The summed E-state index contributed by atoms with van der Waals surface area (Å²) in [6, 6.07) is 12.1. The van der Waals surface area contributed by atoms with Crippen molar-refractivity contribution in [3.05, 3.63) is 58.1 Å². The fraction of sp³-hybridized carbons (Fsp3) is 0.333. The molecule has 3 heteroatoms. The molecule has 2 nitrogen and oxygen atoms in total. The molecule has 2 aromatic rings. The quantitative estimate of drug-likeness (QED) is 0.736. The molecule has 2 rings (SSSR count). The Labute approximate surface area is 132 Å². The van der Waals surface area contributed by atoms with Gasteiger partial charge in [0.2, 0.25) is 0 Å². The standard InChI is InChI=1S/C18H22ClNO/c1-4-9-20-12-15-7-6-14(3)17(11-15)21-18-10-13(2)5-8-16(18)19/h5-8,10-11,20H,4,9,12H2,1-3H3. The van der Waals surface area contributed by atoms with Crippen molar-refractivity contribution in [2.24, 2.45) is 0 Å². The van der Waals surface area contributed by atoms with E-state index in [1.807, 2.05) is 32.0 Å². The van der Waals surface area contributed by atoms with Gasteiger partial charge in [-0.05, 0) is 61.7 Å². The predicted octanol–water partition coefficient (Wildman–Crippen LogP) is 5.25. The third kappa shape index (κ3) is 4.48. The molecule has 0 saturated carbocycles. The van der Waals surface area contributed by atoms with Crippen LogP contribution >= 0.6 is 11.6 Å². The minimum atomic E-state index is 0.634. The van der Waals surface area contributed by atoms with Crippen LogP contribution in [0.2, 0.25) is 5.02 Å². The summed E-state index contributed by atoms with van der Waals surface area (Å²) in [6.45, 7) is 8.11. The molecule has 0 aliphatic carbocycles. The lowest BCUT2D eigenvalue weighted by Crippen LogP contribution is -2.13. The summed E-state index contributed by atoms with van der Waals surface area (Å²) < 4.78 is 6.01. The van der Waals surface area contributed by atoms with Crippen LogP contribution in [0.25, 0.3) is 0 Å². The van der Waals surface area contributed by atoms with Crippen LogP contribution in [0.4, 0.5) is 0 Å². The normalized spacial score (nSPS) is 10.7. The van der Waals surface area contributed by atoms with E-state index in [1.165, 1.54) is 5.56 Å². The lowest BCUT2D eigenvalue weighted by Gasteiger charge is -2.13. The molecule has 0 aliphatic heterocycles. The van der Waals surface area contributed by atoms with Crippen molar-refractivity contribution in [2.75, 3.05) is 6.54 Å². The third-order valence-corrected chi connectivity index (χ3v) is 3.63. The van der Waals surface area contributed by atoms with Gasteiger partial charge in [-0.15, -0.1) is 0 Å². The van der Waals surface area contributed by atoms with Crippen LogP contribution in [-0.4, -0.2) is 6.54 Å². The summed E-state index contributed by atoms with van der Waals surface area (Å²) in [4.78, 5) is 0. The van der Waals surface area contributed by atoms with Gasteiger partial charge in [0, 0.05) is 6.54 Å². The molecule has 21 heavy (non-hydrogen) atoms. The van der Waals surface area contributed by atoms with E-state index in [2.05, 4.69) is 30.4 Å². The van der Waals surface area contributed by atoms with Gasteiger partial charge in [0.25, 0.3) is 0 Å². The van der Waals surface area contributed by atoms with E-state index in [4.69, 9.17) is 16.3 Å². The Kier molecular flexibility index (Phi) is 5.66. The zero-order chi connectivity index (χ0) is 15.2. The second kappa shape index (κ2) is 7.48. The van der Waals surface area contributed by atoms with Crippen LogP contribution in [0.1, 0.15) is 30.0 Å². The van der Waals surface area contributed by atoms with Gasteiger partial charge in [-0.2, -0.15) is 0 Å². The molecule has 0 spiro atoms. The van der Waals surface area contributed by atoms with Crippen LogP contribution in [-0.2, 0) is 6.54 Å². The summed E-state index contributed by atoms with van der Waals surface area (Å²) in [5.41, 5.74) is 3.45. The Bertz CT molecular complexity index is 610. The first-order valence-corrected chi connectivity index (χ1v) is 7.72. The number of hydrogen-bond donors (Lipinski definition) is 1. The summed E-state index contributed by atoms with van der Waals surface area (Å²) in [5.74, 6) is 1.57. The minimum Gasteiger partial charge on any atom is -0.456 e. The lowest BCUT2D eigenvalue weighted by atomic mass is 10.1. The maximum Gasteiger partial charge on any atom is 0.146 e. The minimum absolute atomic E-state index is 0.634. The average molecular weight is 304 g/mol. The molecule has 0 fully saturated rings.